The van der Waals surface area contributed by atoms with E-state index in [1.165, 1.54) is 0 Å². The van der Waals surface area contributed by atoms with Crippen LogP contribution >= 0.6 is 11.8 Å². The molecule has 114 valence electrons. The zero-order valence-corrected chi connectivity index (χ0v) is 13.2. The van der Waals surface area contributed by atoms with E-state index in [1.54, 1.807) is 16.7 Å². The van der Waals surface area contributed by atoms with Crippen LogP contribution in [0.3, 0.4) is 0 Å². The number of carbonyl (C=O) groups excluding carboxylic acids is 1. The number of thioether (sulfide) groups is 1. The average molecular weight is 300 g/mol. The first kappa shape index (κ1) is 15.6. The molecule has 2 saturated heterocycles. The van der Waals surface area contributed by atoms with Gasteiger partial charge in [-0.15, -0.1) is 11.8 Å². The monoisotopic (exact) mass is 300 g/mol. The largest absolute Gasteiger partial charge is 0.480 e. The Morgan fingerprint density at radius 3 is 2.70 bits per heavy atom. The first-order chi connectivity index (χ1) is 9.38. The van der Waals surface area contributed by atoms with Crippen LogP contribution in [0.2, 0.25) is 0 Å². The van der Waals surface area contributed by atoms with Gasteiger partial charge in [0, 0.05) is 5.75 Å². The number of hydrogen-bond donors (Lipinski definition) is 2. The molecule has 5 nitrogen and oxygen atoms in total. The van der Waals surface area contributed by atoms with Gasteiger partial charge in [-0.25, -0.2) is 4.79 Å². The van der Waals surface area contributed by atoms with Gasteiger partial charge in [-0.05, 0) is 31.2 Å². The van der Waals surface area contributed by atoms with Crippen molar-refractivity contribution in [1.29, 1.82) is 0 Å². The molecule has 2 fully saturated rings. The standard InChI is InChI=1S/C14H24N2O3S/c1-4-10-16(9(8-20-10)13(18)19)12(17)11-14(2,3)6-5-7-15-11/h9-11,15H,4-8H2,1-3H3,(H,18,19). The van der Waals surface area contributed by atoms with Crippen molar-refractivity contribution in [3.8, 4) is 0 Å². The van der Waals surface area contributed by atoms with Gasteiger partial charge in [-0.2, -0.15) is 0 Å². The molecule has 0 bridgehead atoms. The second-order valence-electron chi connectivity index (χ2n) is 6.28. The van der Waals surface area contributed by atoms with Crippen molar-refractivity contribution in [2.75, 3.05) is 12.3 Å². The Morgan fingerprint density at radius 1 is 1.45 bits per heavy atom. The van der Waals surface area contributed by atoms with Crippen LogP contribution in [-0.4, -0.2) is 51.6 Å². The summed E-state index contributed by atoms with van der Waals surface area (Å²) < 4.78 is 0. The van der Waals surface area contributed by atoms with E-state index in [-0.39, 0.29) is 22.7 Å². The molecule has 0 aliphatic carbocycles. The van der Waals surface area contributed by atoms with Crippen molar-refractivity contribution in [3.63, 3.8) is 0 Å². The molecular weight excluding hydrogens is 276 g/mol. The lowest BCUT2D eigenvalue weighted by atomic mass is 9.77. The van der Waals surface area contributed by atoms with Crippen molar-refractivity contribution in [1.82, 2.24) is 10.2 Å². The van der Waals surface area contributed by atoms with E-state index in [0.717, 1.165) is 25.8 Å². The highest BCUT2D eigenvalue weighted by atomic mass is 32.2. The highest BCUT2D eigenvalue weighted by Gasteiger charge is 2.47. The van der Waals surface area contributed by atoms with Gasteiger partial charge in [0.1, 0.15) is 6.04 Å². The van der Waals surface area contributed by atoms with Crippen LogP contribution in [0, 0.1) is 5.41 Å². The maximum Gasteiger partial charge on any atom is 0.327 e. The van der Waals surface area contributed by atoms with Gasteiger partial charge in [0.15, 0.2) is 0 Å². The molecular formula is C14H24N2O3S. The molecule has 2 N–H and O–H groups in total. The maximum atomic E-state index is 12.9. The number of carboxylic acids is 1. The highest BCUT2D eigenvalue weighted by Crippen LogP contribution is 2.36. The molecule has 0 aromatic rings. The van der Waals surface area contributed by atoms with Crippen molar-refractivity contribution >= 4 is 23.6 Å². The minimum absolute atomic E-state index is 0.0110. The second kappa shape index (κ2) is 5.93. The number of nitrogens with one attached hydrogen (secondary N) is 1. The normalized spacial score (nSPS) is 33.1. The Morgan fingerprint density at radius 2 is 2.15 bits per heavy atom. The summed E-state index contributed by atoms with van der Waals surface area (Å²) >= 11 is 1.58. The topological polar surface area (TPSA) is 69.6 Å². The average Bonchev–Trinajstić information content (AvgIpc) is 2.81. The number of nitrogens with zero attached hydrogens (tertiary/aromatic N) is 1. The van der Waals surface area contributed by atoms with E-state index >= 15 is 0 Å². The van der Waals surface area contributed by atoms with E-state index in [9.17, 15) is 14.7 Å². The van der Waals surface area contributed by atoms with E-state index in [0.29, 0.717) is 5.75 Å². The summed E-state index contributed by atoms with van der Waals surface area (Å²) in [5.74, 6) is -0.443. The number of carboxylic acid groups (broad SMARTS) is 1. The molecule has 0 spiro atoms. The number of hydrogen-bond acceptors (Lipinski definition) is 4. The molecule has 20 heavy (non-hydrogen) atoms. The fourth-order valence-electron chi connectivity index (χ4n) is 3.15. The van der Waals surface area contributed by atoms with Gasteiger partial charge in [0.25, 0.3) is 0 Å². The summed E-state index contributed by atoms with van der Waals surface area (Å²) in [6.07, 6.45) is 2.84. The lowest BCUT2D eigenvalue weighted by Gasteiger charge is -2.41. The smallest absolute Gasteiger partial charge is 0.327 e. The van der Waals surface area contributed by atoms with E-state index in [2.05, 4.69) is 19.2 Å². The lowest BCUT2D eigenvalue weighted by molar-refractivity contribution is -0.151. The fourth-order valence-corrected chi connectivity index (χ4v) is 4.50. The van der Waals surface area contributed by atoms with Gasteiger partial charge in [-0.3, -0.25) is 4.79 Å². The summed E-state index contributed by atoms with van der Waals surface area (Å²) in [6.45, 7) is 7.00. The van der Waals surface area contributed by atoms with Gasteiger partial charge < -0.3 is 15.3 Å². The quantitative estimate of drug-likeness (QED) is 0.827. The van der Waals surface area contributed by atoms with Gasteiger partial charge in [0.05, 0.1) is 11.4 Å². The third-order valence-electron chi connectivity index (χ3n) is 4.36. The predicted octanol–water partition coefficient (Wildman–Crippen LogP) is 1.53. The van der Waals surface area contributed by atoms with Gasteiger partial charge in [0.2, 0.25) is 5.91 Å². The van der Waals surface area contributed by atoms with Crippen molar-refractivity contribution in [3.05, 3.63) is 0 Å². The van der Waals surface area contributed by atoms with E-state index < -0.39 is 12.0 Å². The van der Waals surface area contributed by atoms with Crippen molar-refractivity contribution < 1.29 is 14.7 Å². The van der Waals surface area contributed by atoms with Crippen LogP contribution in [0.25, 0.3) is 0 Å². The third kappa shape index (κ3) is 2.81. The predicted molar refractivity (Wildman–Crippen MR) is 79.6 cm³/mol. The van der Waals surface area contributed by atoms with Crippen LogP contribution in [0.15, 0.2) is 0 Å². The SMILES string of the molecule is CCC1SCC(C(=O)O)N1C(=O)C1NCCCC1(C)C. The minimum atomic E-state index is -0.893. The Balaban J connectivity index is 2.22. The molecule has 2 aliphatic heterocycles. The molecule has 0 saturated carbocycles. The number of aliphatic carboxylic acids is 1. The van der Waals surface area contributed by atoms with Crippen LogP contribution in [-0.2, 0) is 9.59 Å². The minimum Gasteiger partial charge on any atom is -0.480 e. The molecule has 0 aromatic heterocycles. The number of amides is 1. The lowest BCUT2D eigenvalue weighted by Crippen LogP contribution is -2.59. The molecule has 3 unspecified atom stereocenters. The summed E-state index contributed by atoms with van der Waals surface area (Å²) in [6, 6.07) is -0.956. The highest BCUT2D eigenvalue weighted by molar-refractivity contribution is 8.00. The van der Waals surface area contributed by atoms with Crippen LogP contribution in [0.1, 0.15) is 40.0 Å². The summed E-state index contributed by atoms with van der Waals surface area (Å²) in [5, 5.41) is 12.6. The van der Waals surface area contributed by atoms with Crippen molar-refractivity contribution in [2.45, 2.75) is 57.5 Å². The third-order valence-corrected chi connectivity index (χ3v) is 5.81. The molecule has 1 amide bonds. The van der Waals surface area contributed by atoms with E-state index in [1.807, 2.05) is 6.92 Å². The Labute approximate surface area is 124 Å². The second-order valence-corrected chi connectivity index (χ2v) is 7.49. The van der Waals surface area contributed by atoms with Gasteiger partial charge >= 0.3 is 5.97 Å². The number of piperidine rings is 1. The van der Waals surface area contributed by atoms with Crippen LogP contribution in [0.4, 0.5) is 0 Å². The maximum absolute atomic E-state index is 12.9. The molecule has 0 radical (unpaired) electrons. The Bertz CT molecular complexity index is 400. The molecule has 2 aliphatic rings. The summed E-state index contributed by atoms with van der Waals surface area (Å²) in [4.78, 5) is 25.9. The first-order valence-electron chi connectivity index (χ1n) is 7.28. The number of rotatable bonds is 3. The van der Waals surface area contributed by atoms with E-state index in [4.69, 9.17) is 0 Å². The molecule has 2 rings (SSSR count). The zero-order chi connectivity index (χ0) is 14.9. The van der Waals surface area contributed by atoms with Crippen LogP contribution in [0.5, 0.6) is 0 Å². The Hall–Kier alpha value is -0.750. The number of carbonyl (C=O) groups is 2. The molecule has 3 atom stereocenters. The zero-order valence-electron chi connectivity index (χ0n) is 12.4. The van der Waals surface area contributed by atoms with Gasteiger partial charge in [-0.1, -0.05) is 20.8 Å². The Kier molecular flexibility index (Phi) is 4.64. The molecule has 6 heteroatoms. The molecule has 2 heterocycles. The summed E-state index contributed by atoms with van der Waals surface area (Å²) in [5.41, 5.74) is -0.121. The fraction of sp³-hybridized carbons (Fsp3) is 0.857. The van der Waals surface area contributed by atoms with Crippen LogP contribution < -0.4 is 5.32 Å². The summed E-state index contributed by atoms with van der Waals surface area (Å²) in [7, 11) is 0. The molecule has 0 aromatic carbocycles. The first-order valence-corrected chi connectivity index (χ1v) is 8.33. The van der Waals surface area contributed by atoms with Crippen molar-refractivity contribution in [2.24, 2.45) is 5.41 Å².